The fourth-order valence-corrected chi connectivity index (χ4v) is 2.36. The second kappa shape index (κ2) is 7.61. The average molecular weight is 370 g/mol. The fraction of sp³-hybridized carbons (Fsp3) is 0.533. The molecular formula is C15H16F6N2O2. The summed E-state index contributed by atoms with van der Waals surface area (Å²) >= 11 is 0. The van der Waals surface area contributed by atoms with Crippen molar-refractivity contribution in [3.05, 3.63) is 34.9 Å². The Labute approximate surface area is 139 Å². The summed E-state index contributed by atoms with van der Waals surface area (Å²) in [5, 5.41) is 3.12. The number of piperazine rings is 1. The Bertz CT molecular complexity index is 577. The highest BCUT2D eigenvalue weighted by Crippen LogP contribution is 2.36. The van der Waals surface area contributed by atoms with Crippen LogP contribution in [0.15, 0.2) is 18.2 Å². The van der Waals surface area contributed by atoms with E-state index in [1.807, 2.05) is 4.90 Å². The van der Waals surface area contributed by atoms with E-state index in [1.165, 1.54) is 0 Å². The van der Waals surface area contributed by atoms with Crippen LogP contribution in [0.25, 0.3) is 0 Å². The minimum atomic E-state index is -5.00. The molecular weight excluding hydrogens is 354 g/mol. The van der Waals surface area contributed by atoms with Crippen molar-refractivity contribution in [1.29, 1.82) is 0 Å². The first-order valence-corrected chi connectivity index (χ1v) is 7.47. The molecule has 10 heteroatoms. The number of alkyl halides is 6. The number of rotatable bonds is 4. The molecule has 140 valence electrons. The summed E-state index contributed by atoms with van der Waals surface area (Å²) in [6.07, 6.45) is -10.0. The van der Waals surface area contributed by atoms with Gasteiger partial charge in [-0.3, -0.25) is 4.90 Å². The third-order valence-corrected chi connectivity index (χ3v) is 3.67. The molecule has 1 fully saturated rings. The Morgan fingerprint density at radius 2 is 1.52 bits per heavy atom. The third-order valence-electron chi connectivity index (χ3n) is 3.67. The second-order valence-electron chi connectivity index (χ2n) is 5.52. The Morgan fingerprint density at radius 1 is 1.00 bits per heavy atom. The van der Waals surface area contributed by atoms with Crippen molar-refractivity contribution in [3.63, 3.8) is 0 Å². The molecule has 0 atom stereocenters. The first-order valence-electron chi connectivity index (χ1n) is 7.47. The molecule has 2 rings (SSSR count). The number of carbonyl (C=O) groups excluding carboxylic acids is 1. The summed E-state index contributed by atoms with van der Waals surface area (Å²) in [5.74, 6) is -1.22. The maximum absolute atomic E-state index is 12.8. The maximum Gasteiger partial charge on any atom is 0.416 e. The smallest absolute Gasteiger partial charge is 0.416 e. The van der Waals surface area contributed by atoms with E-state index in [9.17, 15) is 31.1 Å². The number of esters is 1. The van der Waals surface area contributed by atoms with Gasteiger partial charge in [-0.15, -0.1) is 0 Å². The number of carbonyl (C=O) groups is 1. The lowest BCUT2D eigenvalue weighted by molar-refractivity contribution is -0.143. The van der Waals surface area contributed by atoms with Gasteiger partial charge in [0.05, 0.1) is 16.7 Å². The maximum atomic E-state index is 12.8. The van der Waals surface area contributed by atoms with E-state index in [0.717, 1.165) is 26.2 Å². The topological polar surface area (TPSA) is 41.6 Å². The van der Waals surface area contributed by atoms with Crippen molar-refractivity contribution in [2.75, 3.05) is 39.3 Å². The SMILES string of the molecule is O=C(OCCN1CCNCC1)c1cc(C(F)(F)F)cc(C(F)(F)F)c1. The van der Waals surface area contributed by atoms with Crippen LogP contribution in [0.2, 0.25) is 0 Å². The van der Waals surface area contributed by atoms with Gasteiger partial charge in [-0.05, 0) is 18.2 Å². The van der Waals surface area contributed by atoms with Gasteiger partial charge in [0.15, 0.2) is 0 Å². The van der Waals surface area contributed by atoms with Crippen LogP contribution in [0, 0.1) is 0 Å². The summed E-state index contributed by atoms with van der Waals surface area (Å²) in [4.78, 5) is 13.8. The van der Waals surface area contributed by atoms with Gasteiger partial charge in [0.1, 0.15) is 6.61 Å². The predicted molar refractivity (Wildman–Crippen MR) is 76.0 cm³/mol. The lowest BCUT2D eigenvalue weighted by atomic mass is 10.0. The highest BCUT2D eigenvalue weighted by atomic mass is 19.4. The zero-order valence-corrected chi connectivity index (χ0v) is 13.0. The fourth-order valence-electron chi connectivity index (χ4n) is 2.36. The molecule has 0 unspecified atom stereocenters. The van der Waals surface area contributed by atoms with Gasteiger partial charge >= 0.3 is 18.3 Å². The first-order chi connectivity index (χ1) is 11.6. The molecule has 1 saturated heterocycles. The van der Waals surface area contributed by atoms with Crippen LogP contribution >= 0.6 is 0 Å². The quantitative estimate of drug-likeness (QED) is 0.654. The van der Waals surface area contributed by atoms with Crippen LogP contribution in [-0.4, -0.2) is 50.2 Å². The standard InChI is InChI=1S/C15H16F6N2O2/c16-14(17,18)11-7-10(8-12(9-11)15(19,20)21)13(24)25-6-5-23-3-1-22-2-4-23/h7-9,22H,1-6H2. The normalized spacial score (nSPS) is 16.7. The van der Waals surface area contributed by atoms with Crippen LogP contribution in [-0.2, 0) is 17.1 Å². The number of benzene rings is 1. The van der Waals surface area contributed by atoms with E-state index in [4.69, 9.17) is 4.74 Å². The molecule has 4 nitrogen and oxygen atoms in total. The molecule has 25 heavy (non-hydrogen) atoms. The van der Waals surface area contributed by atoms with Crippen molar-refractivity contribution in [2.24, 2.45) is 0 Å². The van der Waals surface area contributed by atoms with Gasteiger partial charge in [-0.2, -0.15) is 26.3 Å². The van der Waals surface area contributed by atoms with E-state index in [-0.39, 0.29) is 12.7 Å². The first kappa shape index (κ1) is 19.5. The van der Waals surface area contributed by atoms with Crippen LogP contribution in [0.3, 0.4) is 0 Å². The molecule has 1 heterocycles. The minimum absolute atomic E-state index is 0.0302. The zero-order valence-electron chi connectivity index (χ0n) is 13.0. The lowest BCUT2D eigenvalue weighted by Gasteiger charge is -2.26. The van der Waals surface area contributed by atoms with Crippen molar-refractivity contribution in [3.8, 4) is 0 Å². The lowest BCUT2D eigenvalue weighted by Crippen LogP contribution is -2.44. The molecule has 0 spiro atoms. The number of hydrogen-bond acceptors (Lipinski definition) is 4. The van der Waals surface area contributed by atoms with Crippen molar-refractivity contribution in [1.82, 2.24) is 10.2 Å². The Balaban J connectivity index is 2.09. The van der Waals surface area contributed by atoms with Gasteiger partial charge in [-0.25, -0.2) is 4.79 Å². The molecule has 0 bridgehead atoms. The summed E-state index contributed by atoms with van der Waals surface area (Å²) in [6, 6.07) is 0.697. The van der Waals surface area contributed by atoms with Crippen molar-refractivity contribution in [2.45, 2.75) is 12.4 Å². The molecule has 0 aromatic heterocycles. The highest BCUT2D eigenvalue weighted by Gasteiger charge is 2.37. The van der Waals surface area contributed by atoms with Gasteiger partial charge in [0.25, 0.3) is 0 Å². The number of halogens is 6. The van der Waals surface area contributed by atoms with E-state index < -0.39 is 35.0 Å². The molecule has 1 aromatic rings. The predicted octanol–water partition coefficient (Wildman–Crippen LogP) is 2.79. The molecule has 1 aliphatic heterocycles. The zero-order chi connectivity index (χ0) is 18.7. The third kappa shape index (κ3) is 5.60. The van der Waals surface area contributed by atoms with Gasteiger partial charge in [0.2, 0.25) is 0 Å². The van der Waals surface area contributed by atoms with Crippen molar-refractivity contribution < 1.29 is 35.9 Å². The molecule has 1 aliphatic rings. The second-order valence-corrected chi connectivity index (χ2v) is 5.52. The number of ether oxygens (including phenoxy) is 1. The van der Waals surface area contributed by atoms with Crippen LogP contribution in [0.4, 0.5) is 26.3 Å². The summed E-state index contributed by atoms with van der Waals surface area (Å²) in [5.41, 5.74) is -3.87. The summed E-state index contributed by atoms with van der Waals surface area (Å²) in [7, 11) is 0. The summed E-state index contributed by atoms with van der Waals surface area (Å²) < 4.78 is 81.4. The molecule has 1 aromatic carbocycles. The Kier molecular flexibility index (Phi) is 5.94. The molecule has 0 radical (unpaired) electrons. The van der Waals surface area contributed by atoms with E-state index in [2.05, 4.69) is 5.32 Å². The molecule has 0 amide bonds. The number of nitrogens with zero attached hydrogens (tertiary/aromatic N) is 1. The Hall–Kier alpha value is -1.81. The number of hydrogen-bond donors (Lipinski definition) is 1. The van der Waals surface area contributed by atoms with E-state index in [1.54, 1.807) is 0 Å². The van der Waals surface area contributed by atoms with Crippen LogP contribution < -0.4 is 5.32 Å². The molecule has 0 aliphatic carbocycles. The number of nitrogens with one attached hydrogen (secondary N) is 1. The largest absolute Gasteiger partial charge is 0.461 e. The van der Waals surface area contributed by atoms with Gasteiger partial charge in [0, 0.05) is 32.7 Å². The summed E-state index contributed by atoms with van der Waals surface area (Å²) in [6.45, 7) is 3.21. The van der Waals surface area contributed by atoms with Gasteiger partial charge in [-0.1, -0.05) is 0 Å². The average Bonchev–Trinajstić information content (AvgIpc) is 2.53. The molecule has 0 saturated carbocycles. The Morgan fingerprint density at radius 3 is 2.00 bits per heavy atom. The highest BCUT2D eigenvalue weighted by molar-refractivity contribution is 5.90. The monoisotopic (exact) mass is 370 g/mol. The van der Waals surface area contributed by atoms with Gasteiger partial charge < -0.3 is 10.1 Å². The van der Waals surface area contributed by atoms with Crippen molar-refractivity contribution >= 4 is 5.97 Å². The van der Waals surface area contributed by atoms with E-state index in [0.29, 0.717) is 18.7 Å². The minimum Gasteiger partial charge on any atom is -0.461 e. The van der Waals surface area contributed by atoms with Crippen LogP contribution in [0.1, 0.15) is 21.5 Å². The van der Waals surface area contributed by atoms with Crippen LogP contribution in [0.5, 0.6) is 0 Å². The molecule has 1 N–H and O–H groups in total. The van der Waals surface area contributed by atoms with E-state index >= 15 is 0 Å².